The van der Waals surface area contributed by atoms with E-state index in [-0.39, 0.29) is 0 Å². The van der Waals surface area contributed by atoms with Gasteiger partial charge in [0.1, 0.15) is 17.5 Å². The molecule has 1 rings (SSSR count). The molecule has 0 saturated carbocycles. The first-order chi connectivity index (χ1) is 8.32. The van der Waals surface area contributed by atoms with Crippen molar-refractivity contribution in [2.45, 2.75) is 39.7 Å². The van der Waals surface area contributed by atoms with E-state index < -0.39 is 5.60 Å². The number of aryl methyl sites for hydroxylation is 1. The maximum absolute atomic E-state index is 10.2. The van der Waals surface area contributed by atoms with Crippen LogP contribution in [0.15, 0.2) is 6.07 Å². The molecule has 0 spiro atoms. The van der Waals surface area contributed by atoms with E-state index in [1.54, 1.807) is 13.0 Å². The van der Waals surface area contributed by atoms with Crippen LogP contribution in [0.2, 0.25) is 0 Å². The number of nitrogens with two attached hydrogens (primary N) is 1. The summed E-state index contributed by atoms with van der Waals surface area (Å²) < 4.78 is 0. The molecule has 1 aromatic rings. The highest BCUT2D eigenvalue weighted by atomic mass is 16.3. The summed E-state index contributed by atoms with van der Waals surface area (Å²) in [5.74, 6) is 7.58. The smallest absolute Gasteiger partial charge is 0.145 e. The normalized spacial score (nSPS) is 14.4. The van der Waals surface area contributed by atoms with Crippen LogP contribution < -0.4 is 16.6 Å². The fourth-order valence-corrected chi connectivity index (χ4v) is 1.96. The van der Waals surface area contributed by atoms with Crippen molar-refractivity contribution in [3.8, 4) is 0 Å². The van der Waals surface area contributed by atoms with Gasteiger partial charge in [-0.3, -0.25) is 0 Å². The van der Waals surface area contributed by atoms with Gasteiger partial charge in [0.05, 0.1) is 5.60 Å². The van der Waals surface area contributed by atoms with E-state index in [0.29, 0.717) is 29.9 Å². The Morgan fingerprint density at radius 2 is 2.00 bits per heavy atom. The highest BCUT2D eigenvalue weighted by molar-refractivity contribution is 5.46. The van der Waals surface area contributed by atoms with Gasteiger partial charge in [-0.25, -0.2) is 15.8 Å². The molecule has 1 unspecified atom stereocenters. The highest BCUT2D eigenvalue weighted by Crippen LogP contribution is 2.17. The summed E-state index contributed by atoms with van der Waals surface area (Å²) in [7, 11) is 0. The van der Waals surface area contributed by atoms with E-state index >= 15 is 0 Å². The second-order valence-electron chi connectivity index (χ2n) is 5.28. The fraction of sp³-hybridized carbons (Fsp3) is 0.667. The van der Waals surface area contributed by atoms with E-state index in [2.05, 4.69) is 34.6 Å². The minimum Gasteiger partial charge on any atom is -0.388 e. The fourth-order valence-electron chi connectivity index (χ4n) is 1.96. The van der Waals surface area contributed by atoms with Crippen molar-refractivity contribution in [3.63, 3.8) is 0 Å². The van der Waals surface area contributed by atoms with Crippen molar-refractivity contribution in [2.75, 3.05) is 17.3 Å². The van der Waals surface area contributed by atoms with Crippen LogP contribution in [0.25, 0.3) is 0 Å². The molecule has 0 bridgehead atoms. The Morgan fingerprint density at radius 3 is 2.56 bits per heavy atom. The Labute approximate surface area is 108 Å². The number of aliphatic hydroxyl groups is 1. The molecule has 1 atom stereocenters. The van der Waals surface area contributed by atoms with Gasteiger partial charge in [0.25, 0.3) is 0 Å². The molecule has 6 heteroatoms. The zero-order valence-corrected chi connectivity index (χ0v) is 11.5. The zero-order valence-electron chi connectivity index (χ0n) is 11.5. The second kappa shape index (κ2) is 5.97. The maximum atomic E-state index is 10.2. The first-order valence-electron chi connectivity index (χ1n) is 6.11. The number of rotatable bonds is 6. The second-order valence-corrected chi connectivity index (χ2v) is 5.28. The van der Waals surface area contributed by atoms with Crippen molar-refractivity contribution in [1.29, 1.82) is 0 Å². The summed E-state index contributed by atoms with van der Waals surface area (Å²) in [4.78, 5) is 8.33. The van der Waals surface area contributed by atoms with Gasteiger partial charge in [-0.2, -0.15) is 0 Å². The standard InChI is InChI=1S/C12H23N5O/c1-8(2)6-12(4,18)7-14-10-5-11(17-13)16-9(3)15-10/h5,8,18H,6-7,13H2,1-4H3,(H2,14,15,16,17). The molecular weight excluding hydrogens is 230 g/mol. The number of nitrogen functional groups attached to an aromatic ring is 1. The van der Waals surface area contributed by atoms with E-state index in [1.165, 1.54) is 0 Å². The SMILES string of the molecule is Cc1nc(NN)cc(NCC(C)(O)CC(C)C)n1. The van der Waals surface area contributed by atoms with Crippen LogP contribution in [0.4, 0.5) is 11.6 Å². The molecule has 0 aliphatic rings. The van der Waals surface area contributed by atoms with Gasteiger partial charge in [-0.1, -0.05) is 13.8 Å². The van der Waals surface area contributed by atoms with Crippen molar-refractivity contribution < 1.29 is 5.11 Å². The number of anilines is 2. The van der Waals surface area contributed by atoms with Gasteiger partial charge in [0.2, 0.25) is 0 Å². The Balaban J connectivity index is 2.65. The van der Waals surface area contributed by atoms with Gasteiger partial charge >= 0.3 is 0 Å². The van der Waals surface area contributed by atoms with Crippen molar-refractivity contribution in [2.24, 2.45) is 11.8 Å². The molecule has 0 saturated heterocycles. The Hall–Kier alpha value is -1.40. The summed E-state index contributed by atoms with van der Waals surface area (Å²) in [6, 6.07) is 1.71. The summed E-state index contributed by atoms with van der Waals surface area (Å²) in [6.45, 7) is 8.21. The van der Waals surface area contributed by atoms with Crippen LogP contribution in [0.3, 0.4) is 0 Å². The van der Waals surface area contributed by atoms with Gasteiger partial charge in [0.15, 0.2) is 0 Å². The Kier molecular flexibility index (Phi) is 4.86. The molecule has 0 aliphatic carbocycles. The molecular formula is C12H23N5O. The van der Waals surface area contributed by atoms with Crippen LogP contribution in [-0.4, -0.2) is 27.2 Å². The number of hydrazine groups is 1. The average molecular weight is 253 g/mol. The molecule has 0 amide bonds. The van der Waals surface area contributed by atoms with Crippen LogP contribution in [0.1, 0.15) is 33.0 Å². The quantitative estimate of drug-likeness (QED) is 0.450. The molecule has 5 N–H and O–H groups in total. The Morgan fingerprint density at radius 1 is 1.39 bits per heavy atom. The van der Waals surface area contributed by atoms with Crippen LogP contribution in [0.5, 0.6) is 0 Å². The summed E-state index contributed by atoms with van der Waals surface area (Å²) in [5, 5.41) is 13.3. The summed E-state index contributed by atoms with van der Waals surface area (Å²) >= 11 is 0. The van der Waals surface area contributed by atoms with E-state index in [4.69, 9.17) is 5.84 Å². The number of nitrogens with zero attached hydrogens (tertiary/aromatic N) is 2. The molecule has 1 aromatic heterocycles. The molecule has 0 aromatic carbocycles. The molecule has 1 heterocycles. The number of aromatic nitrogens is 2. The summed E-state index contributed by atoms with van der Waals surface area (Å²) in [6.07, 6.45) is 0.728. The molecule has 0 aliphatic heterocycles. The van der Waals surface area contributed by atoms with Gasteiger partial charge in [-0.15, -0.1) is 0 Å². The van der Waals surface area contributed by atoms with E-state index in [0.717, 1.165) is 6.42 Å². The monoisotopic (exact) mass is 253 g/mol. The third-order valence-electron chi connectivity index (χ3n) is 2.48. The van der Waals surface area contributed by atoms with Gasteiger partial charge in [-0.05, 0) is 26.2 Å². The minimum absolute atomic E-state index is 0.436. The molecule has 0 fully saturated rings. The first kappa shape index (κ1) is 14.7. The first-order valence-corrected chi connectivity index (χ1v) is 6.11. The van der Waals surface area contributed by atoms with Crippen LogP contribution in [-0.2, 0) is 0 Å². The zero-order chi connectivity index (χ0) is 13.8. The average Bonchev–Trinajstić information content (AvgIpc) is 2.24. The maximum Gasteiger partial charge on any atom is 0.145 e. The lowest BCUT2D eigenvalue weighted by Crippen LogP contribution is -2.35. The lowest BCUT2D eigenvalue weighted by Gasteiger charge is -2.25. The highest BCUT2D eigenvalue weighted by Gasteiger charge is 2.21. The minimum atomic E-state index is -0.761. The van der Waals surface area contributed by atoms with Crippen LogP contribution in [0, 0.1) is 12.8 Å². The predicted octanol–water partition coefficient (Wildman–Crippen LogP) is 1.28. The van der Waals surface area contributed by atoms with Gasteiger partial charge in [0, 0.05) is 12.6 Å². The topological polar surface area (TPSA) is 96.1 Å². The third kappa shape index (κ3) is 4.85. The van der Waals surface area contributed by atoms with E-state index in [9.17, 15) is 5.11 Å². The number of hydrogen-bond acceptors (Lipinski definition) is 6. The largest absolute Gasteiger partial charge is 0.388 e. The predicted molar refractivity (Wildman–Crippen MR) is 73.1 cm³/mol. The van der Waals surface area contributed by atoms with Crippen molar-refractivity contribution >= 4 is 11.6 Å². The lowest BCUT2D eigenvalue weighted by molar-refractivity contribution is 0.0514. The Bertz CT molecular complexity index is 392. The molecule has 102 valence electrons. The van der Waals surface area contributed by atoms with Crippen molar-refractivity contribution in [1.82, 2.24) is 9.97 Å². The third-order valence-corrected chi connectivity index (χ3v) is 2.48. The van der Waals surface area contributed by atoms with E-state index in [1.807, 2.05) is 6.92 Å². The molecule has 0 radical (unpaired) electrons. The van der Waals surface area contributed by atoms with Gasteiger partial charge < -0.3 is 15.8 Å². The summed E-state index contributed by atoms with van der Waals surface area (Å²) in [5.41, 5.74) is 1.72. The molecule has 18 heavy (non-hydrogen) atoms. The van der Waals surface area contributed by atoms with Crippen LogP contribution >= 0.6 is 0 Å². The molecule has 6 nitrogen and oxygen atoms in total. The van der Waals surface area contributed by atoms with Crippen molar-refractivity contribution in [3.05, 3.63) is 11.9 Å². The number of hydrogen-bond donors (Lipinski definition) is 4. The number of nitrogens with one attached hydrogen (secondary N) is 2. The lowest BCUT2D eigenvalue weighted by atomic mass is 9.94.